The molecule has 0 N–H and O–H groups in total. The second-order valence-corrected chi connectivity index (χ2v) is 12.5. The summed E-state index contributed by atoms with van der Waals surface area (Å²) in [5, 5.41) is -0.138. The second kappa shape index (κ2) is 8.02. The summed E-state index contributed by atoms with van der Waals surface area (Å²) in [5.41, 5.74) is 3.64. The van der Waals surface area contributed by atoms with Crippen molar-refractivity contribution in [2.45, 2.75) is 17.1 Å². The molecule has 3 aromatic rings. The van der Waals surface area contributed by atoms with Gasteiger partial charge in [0.2, 0.25) is 0 Å². The topological polar surface area (TPSA) is 0 Å². The molecule has 1 atom stereocenters. The molecule has 0 saturated heterocycles. The summed E-state index contributed by atoms with van der Waals surface area (Å²) in [5.74, 6) is 0. The van der Waals surface area contributed by atoms with E-state index in [1.807, 2.05) is 30.3 Å². The molecule has 3 rings (SSSR count). The zero-order chi connectivity index (χ0) is 16.8. The van der Waals surface area contributed by atoms with Gasteiger partial charge in [-0.1, -0.05) is 91.0 Å². The highest BCUT2D eigenvalue weighted by Gasteiger charge is 2.40. The highest BCUT2D eigenvalue weighted by molar-refractivity contribution is 7.22. The molecule has 24 heavy (non-hydrogen) atoms. The lowest BCUT2D eigenvalue weighted by Gasteiger charge is -2.30. The molecule has 0 radical (unpaired) electrons. The van der Waals surface area contributed by atoms with Crippen molar-refractivity contribution < 1.29 is 0 Å². The summed E-state index contributed by atoms with van der Waals surface area (Å²) < 4.78 is 0. The van der Waals surface area contributed by atoms with Gasteiger partial charge in [-0.15, -0.1) is 11.6 Å². The van der Waals surface area contributed by atoms with E-state index < -0.39 is 7.38 Å². The Balaban J connectivity index is 1.93. The van der Waals surface area contributed by atoms with Gasteiger partial charge in [-0.25, -0.2) is 0 Å². The van der Waals surface area contributed by atoms with Gasteiger partial charge in [-0.2, -0.15) is 11.1 Å². The molecule has 0 aliphatic heterocycles. The first-order valence-corrected chi connectivity index (χ1v) is 12.1. The fourth-order valence-corrected chi connectivity index (χ4v) is 8.05. The van der Waals surface area contributed by atoms with Crippen LogP contribution in [-0.4, -0.2) is 7.38 Å². The summed E-state index contributed by atoms with van der Waals surface area (Å²) >= 11 is 14.2. The van der Waals surface area contributed by atoms with Crippen molar-refractivity contribution in [3.8, 4) is 0 Å². The molecule has 3 aromatic carbocycles. The van der Waals surface area contributed by atoms with E-state index in [0.717, 1.165) is 17.7 Å². The van der Waals surface area contributed by atoms with Crippen LogP contribution >= 0.6 is 22.7 Å². The highest BCUT2D eigenvalue weighted by Crippen LogP contribution is 2.38. The minimum Gasteiger partial charge on any atom is -0.164 e. The fourth-order valence-electron chi connectivity index (χ4n) is 3.03. The Labute approximate surface area is 154 Å². The summed E-state index contributed by atoms with van der Waals surface area (Å²) in [6, 6.07) is 32.8. The van der Waals surface area contributed by atoms with Crippen LogP contribution in [0.3, 0.4) is 0 Å². The Hall–Kier alpha value is -1.54. The van der Waals surface area contributed by atoms with Crippen LogP contribution in [0.25, 0.3) is 0 Å². The van der Waals surface area contributed by atoms with E-state index in [4.69, 9.17) is 22.7 Å². The molecule has 0 aromatic heterocycles. The third-order valence-corrected chi connectivity index (χ3v) is 10.8. The molecule has 0 aliphatic carbocycles. The highest BCUT2D eigenvalue weighted by atomic mass is 35.6. The standard InChI is InChI=1S/C21H20Cl2Si/c22-21(20-14-8-3-9-15-20)24(23,16-18-10-4-1-5-11-18)17-19-12-6-2-7-13-19/h1-15,21H,16-17H2. The Morgan fingerprint density at radius 2 is 1.00 bits per heavy atom. The molecule has 0 aliphatic rings. The molecule has 0 spiro atoms. The minimum atomic E-state index is -2.34. The Bertz CT molecular complexity index is 703. The molecule has 0 nitrogen and oxygen atoms in total. The Morgan fingerprint density at radius 3 is 1.42 bits per heavy atom. The zero-order valence-corrected chi connectivity index (χ0v) is 15.9. The number of alkyl halides is 1. The van der Waals surface area contributed by atoms with Gasteiger partial charge in [0, 0.05) is 0 Å². The number of rotatable bonds is 6. The van der Waals surface area contributed by atoms with Crippen LogP contribution in [0.2, 0.25) is 0 Å². The van der Waals surface area contributed by atoms with Crippen LogP contribution in [0.1, 0.15) is 21.7 Å². The van der Waals surface area contributed by atoms with Crippen LogP contribution in [-0.2, 0) is 12.1 Å². The first-order valence-electron chi connectivity index (χ1n) is 8.13. The van der Waals surface area contributed by atoms with E-state index in [-0.39, 0.29) is 5.00 Å². The van der Waals surface area contributed by atoms with Gasteiger partial charge in [0.15, 0.2) is 7.38 Å². The van der Waals surface area contributed by atoms with Crippen LogP contribution < -0.4 is 0 Å². The maximum absolute atomic E-state index is 7.30. The summed E-state index contributed by atoms with van der Waals surface area (Å²) in [6.45, 7) is 0. The quantitative estimate of drug-likeness (QED) is 0.273. The summed E-state index contributed by atoms with van der Waals surface area (Å²) in [6.07, 6.45) is 0. The van der Waals surface area contributed by atoms with E-state index in [1.54, 1.807) is 0 Å². The van der Waals surface area contributed by atoms with Crippen LogP contribution in [0.5, 0.6) is 0 Å². The molecule has 1 unspecified atom stereocenters. The third-order valence-electron chi connectivity index (χ3n) is 4.23. The maximum Gasteiger partial charge on any atom is 0.187 e. The predicted octanol–water partition coefficient (Wildman–Crippen LogP) is 6.25. The number of benzene rings is 3. The van der Waals surface area contributed by atoms with Crippen molar-refractivity contribution in [2.75, 3.05) is 0 Å². The maximum atomic E-state index is 7.30. The van der Waals surface area contributed by atoms with Crippen molar-refractivity contribution in [3.63, 3.8) is 0 Å². The second-order valence-electron chi connectivity index (χ2n) is 6.13. The minimum absolute atomic E-state index is 0.138. The van der Waals surface area contributed by atoms with Gasteiger partial charge in [-0.3, -0.25) is 0 Å². The SMILES string of the molecule is ClC(c1ccccc1)[Si](Cl)(Cc1ccccc1)Cc1ccccc1. The first kappa shape index (κ1) is 17.3. The Morgan fingerprint density at radius 1 is 0.625 bits per heavy atom. The van der Waals surface area contributed by atoms with E-state index in [2.05, 4.69) is 60.7 Å². The average Bonchev–Trinajstić information content (AvgIpc) is 2.63. The van der Waals surface area contributed by atoms with Crippen molar-refractivity contribution in [2.24, 2.45) is 0 Å². The first-order chi connectivity index (χ1) is 11.7. The van der Waals surface area contributed by atoms with Crippen LogP contribution in [0.15, 0.2) is 91.0 Å². The monoisotopic (exact) mass is 370 g/mol. The Kier molecular flexibility index (Phi) is 5.78. The number of hydrogen-bond donors (Lipinski definition) is 0. The average molecular weight is 371 g/mol. The molecule has 0 amide bonds. The molecule has 0 bridgehead atoms. The summed E-state index contributed by atoms with van der Waals surface area (Å²) in [7, 11) is -2.34. The van der Waals surface area contributed by atoms with Gasteiger partial charge in [0.25, 0.3) is 0 Å². The van der Waals surface area contributed by atoms with Crippen molar-refractivity contribution in [3.05, 3.63) is 108 Å². The van der Waals surface area contributed by atoms with Gasteiger partial charge in [-0.05, 0) is 28.8 Å². The van der Waals surface area contributed by atoms with Crippen molar-refractivity contribution in [1.29, 1.82) is 0 Å². The number of hydrogen-bond acceptors (Lipinski definition) is 0. The normalized spacial score (nSPS) is 12.8. The molecular formula is C21H20Cl2Si. The zero-order valence-electron chi connectivity index (χ0n) is 13.4. The van der Waals surface area contributed by atoms with Crippen LogP contribution in [0.4, 0.5) is 0 Å². The molecule has 3 heteroatoms. The van der Waals surface area contributed by atoms with Crippen molar-refractivity contribution >= 4 is 30.1 Å². The lowest BCUT2D eigenvalue weighted by Crippen LogP contribution is -2.39. The van der Waals surface area contributed by atoms with E-state index in [1.165, 1.54) is 11.1 Å². The molecule has 0 heterocycles. The van der Waals surface area contributed by atoms with Crippen molar-refractivity contribution in [1.82, 2.24) is 0 Å². The largest absolute Gasteiger partial charge is 0.187 e. The lowest BCUT2D eigenvalue weighted by atomic mass is 10.2. The fraction of sp³-hybridized carbons (Fsp3) is 0.143. The van der Waals surface area contributed by atoms with E-state index in [9.17, 15) is 0 Å². The van der Waals surface area contributed by atoms with Gasteiger partial charge >= 0.3 is 0 Å². The molecular weight excluding hydrogens is 351 g/mol. The third kappa shape index (κ3) is 4.30. The van der Waals surface area contributed by atoms with Gasteiger partial charge < -0.3 is 0 Å². The molecule has 0 saturated carbocycles. The molecule has 122 valence electrons. The van der Waals surface area contributed by atoms with E-state index >= 15 is 0 Å². The van der Waals surface area contributed by atoms with Crippen LogP contribution in [0, 0.1) is 0 Å². The smallest absolute Gasteiger partial charge is 0.164 e. The lowest BCUT2D eigenvalue weighted by molar-refractivity contribution is 1.15. The van der Waals surface area contributed by atoms with Gasteiger partial charge in [0.1, 0.15) is 0 Å². The van der Waals surface area contributed by atoms with Gasteiger partial charge in [0.05, 0.1) is 5.00 Å². The summed E-state index contributed by atoms with van der Waals surface area (Å²) in [4.78, 5) is 0. The molecule has 0 fully saturated rings. The number of halogens is 2. The predicted molar refractivity (Wildman–Crippen MR) is 107 cm³/mol. The van der Waals surface area contributed by atoms with E-state index in [0.29, 0.717) is 0 Å².